The van der Waals surface area contributed by atoms with Crippen LogP contribution in [0, 0.1) is 6.92 Å². The van der Waals surface area contributed by atoms with Crippen LogP contribution in [-0.4, -0.2) is 29.1 Å². The molecule has 1 aromatic carbocycles. The normalized spacial score (nSPS) is 16.1. The van der Waals surface area contributed by atoms with Crippen LogP contribution >= 0.6 is 24.8 Å². The second-order valence-corrected chi connectivity index (χ2v) is 7.19. The van der Waals surface area contributed by atoms with Gasteiger partial charge in [0.1, 0.15) is 5.82 Å². The minimum Gasteiger partial charge on any atom is -0.398 e. The van der Waals surface area contributed by atoms with Gasteiger partial charge in [0.15, 0.2) is 0 Å². The highest BCUT2D eigenvalue weighted by molar-refractivity contribution is 5.85. The van der Waals surface area contributed by atoms with Gasteiger partial charge in [-0.1, -0.05) is 19.4 Å². The van der Waals surface area contributed by atoms with Crippen LogP contribution in [0.1, 0.15) is 43.9 Å². The van der Waals surface area contributed by atoms with Crippen molar-refractivity contribution in [1.29, 1.82) is 0 Å². The van der Waals surface area contributed by atoms with Gasteiger partial charge in [-0.25, -0.2) is 4.98 Å². The van der Waals surface area contributed by atoms with Crippen molar-refractivity contribution >= 4 is 48.0 Å². The summed E-state index contributed by atoms with van der Waals surface area (Å²) in [5.74, 6) is 1.58. The van der Waals surface area contributed by atoms with E-state index in [1.165, 1.54) is 0 Å². The molecule has 0 radical (unpaired) electrons. The summed E-state index contributed by atoms with van der Waals surface area (Å²) in [5, 5.41) is 3.32. The molecule has 0 spiro atoms. The first-order valence-electron chi connectivity index (χ1n) is 9.57. The molecule has 0 saturated carbocycles. The average molecular weight is 427 g/mol. The summed E-state index contributed by atoms with van der Waals surface area (Å²) >= 11 is 0. The number of aryl methyl sites for hydroxylation is 2. The van der Waals surface area contributed by atoms with Gasteiger partial charge < -0.3 is 21.7 Å². The SMILES string of the molecule is CCCCc1cc(N2CCC[C@@H](N)C2)nc(Nc2ccc(C)c(N)c2)n1.Cl.Cl. The van der Waals surface area contributed by atoms with Crippen molar-refractivity contribution in [3.63, 3.8) is 0 Å². The predicted molar refractivity (Wildman–Crippen MR) is 123 cm³/mol. The molecular weight excluding hydrogens is 395 g/mol. The van der Waals surface area contributed by atoms with E-state index in [9.17, 15) is 0 Å². The van der Waals surface area contributed by atoms with E-state index >= 15 is 0 Å². The molecule has 28 heavy (non-hydrogen) atoms. The van der Waals surface area contributed by atoms with Crippen LogP contribution in [0.25, 0.3) is 0 Å². The maximum atomic E-state index is 6.16. The lowest BCUT2D eigenvalue weighted by atomic mass is 10.1. The van der Waals surface area contributed by atoms with Gasteiger partial charge in [0.2, 0.25) is 5.95 Å². The van der Waals surface area contributed by atoms with E-state index in [1.54, 1.807) is 0 Å². The molecule has 1 aromatic heterocycles. The van der Waals surface area contributed by atoms with E-state index in [0.29, 0.717) is 5.95 Å². The Hall–Kier alpha value is -1.76. The zero-order valence-corrected chi connectivity index (χ0v) is 18.3. The summed E-state index contributed by atoms with van der Waals surface area (Å²) in [6.45, 7) is 6.04. The highest BCUT2D eigenvalue weighted by Gasteiger charge is 2.19. The number of anilines is 4. The van der Waals surface area contributed by atoms with Crippen molar-refractivity contribution in [2.45, 2.75) is 52.0 Å². The van der Waals surface area contributed by atoms with E-state index in [2.05, 4.69) is 23.2 Å². The van der Waals surface area contributed by atoms with Gasteiger partial charge in [0.05, 0.1) is 0 Å². The fraction of sp³-hybridized carbons (Fsp3) is 0.500. The fourth-order valence-corrected chi connectivity index (χ4v) is 3.25. The van der Waals surface area contributed by atoms with Gasteiger partial charge >= 0.3 is 0 Å². The third-order valence-electron chi connectivity index (χ3n) is 4.87. The first-order chi connectivity index (χ1) is 12.5. The average Bonchev–Trinajstić information content (AvgIpc) is 2.63. The van der Waals surface area contributed by atoms with Gasteiger partial charge in [-0.3, -0.25) is 0 Å². The van der Waals surface area contributed by atoms with Gasteiger partial charge in [0, 0.05) is 42.3 Å². The Morgan fingerprint density at radius 3 is 2.68 bits per heavy atom. The second kappa shape index (κ2) is 11.3. The van der Waals surface area contributed by atoms with Gasteiger partial charge in [-0.15, -0.1) is 24.8 Å². The molecule has 8 heteroatoms. The van der Waals surface area contributed by atoms with Crippen molar-refractivity contribution in [1.82, 2.24) is 9.97 Å². The van der Waals surface area contributed by atoms with Gasteiger partial charge in [-0.2, -0.15) is 4.98 Å². The summed E-state index contributed by atoms with van der Waals surface area (Å²) in [7, 11) is 0. The molecule has 1 saturated heterocycles. The number of halogens is 2. The van der Waals surface area contributed by atoms with Crippen LogP contribution in [0.5, 0.6) is 0 Å². The lowest BCUT2D eigenvalue weighted by molar-refractivity contribution is 0.503. The molecule has 2 heterocycles. The number of nitrogen functional groups attached to an aromatic ring is 1. The van der Waals surface area contributed by atoms with E-state index in [-0.39, 0.29) is 30.9 Å². The Morgan fingerprint density at radius 2 is 2.00 bits per heavy atom. The highest BCUT2D eigenvalue weighted by atomic mass is 35.5. The number of aromatic nitrogens is 2. The molecule has 6 nitrogen and oxygen atoms in total. The summed E-state index contributed by atoms with van der Waals surface area (Å²) < 4.78 is 0. The first kappa shape index (κ1) is 24.3. The Balaban J connectivity index is 0.00000196. The van der Waals surface area contributed by atoms with Gasteiger partial charge in [-0.05, 0) is 50.3 Å². The summed E-state index contributed by atoms with van der Waals surface area (Å²) in [5.41, 5.74) is 16.0. The Labute approximate surface area is 180 Å². The maximum absolute atomic E-state index is 6.16. The number of rotatable bonds is 6. The van der Waals surface area contributed by atoms with Crippen LogP contribution < -0.4 is 21.7 Å². The minimum absolute atomic E-state index is 0. The largest absolute Gasteiger partial charge is 0.398 e. The van der Waals surface area contributed by atoms with Crippen molar-refractivity contribution < 1.29 is 0 Å². The number of nitrogens with one attached hydrogen (secondary N) is 1. The molecule has 0 unspecified atom stereocenters. The lowest BCUT2D eigenvalue weighted by Crippen LogP contribution is -2.43. The molecule has 156 valence electrons. The molecular formula is C20H32Cl2N6. The molecule has 1 aliphatic heterocycles. The number of piperidine rings is 1. The molecule has 2 aromatic rings. The topological polar surface area (TPSA) is 93.1 Å². The molecule has 1 aliphatic rings. The Kier molecular flexibility index (Phi) is 9.79. The van der Waals surface area contributed by atoms with Crippen molar-refractivity contribution in [3.05, 3.63) is 35.5 Å². The molecule has 0 bridgehead atoms. The first-order valence-corrected chi connectivity index (χ1v) is 9.57. The standard InChI is InChI=1S/C20H30N6.2ClH/c1-3-4-7-16-12-19(26-10-5-6-15(21)13-26)25-20(23-16)24-17-9-8-14(2)18(22)11-17;;/h8-9,11-12,15H,3-7,10,13,21-22H2,1-2H3,(H,23,24,25);2*1H/t15-;;/m1../s1. The van der Waals surface area contributed by atoms with Crippen LogP contribution in [0.4, 0.5) is 23.1 Å². The van der Waals surface area contributed by atoms with Gasteiger partial charge in [0.25, 0.3) is 0 Å². The number of benzene rings is 1. The summed E-state index contributed by atoms with van der Waals surface area (Å²) in [4.78, 5) is 11.7. The van der Waals surface area contributed by atoms with E-state index in [4.69, 9.17) is 21.4 Å². The number of nitrogens with zero attached hydrogens (tertiary/aromatic N) is 3. The van der Waals surface area contributed by atoms with Crippen LogP contribution in [0.3, 0.4) is 0 Å². The maximum Gasteiger partial charge on any atom is 0.229 e. The predicted octanol–water partition coefficient (Wildman–Crippen LogP) is 4.22. The van der Waals surface area contributed by atoms with Crippen molar-refractivity contribution in [2.24, 2.45) is 5.73 Å². The zero-order valence-electron chi connectivity index (χ0n) is 16.6. The van der Waals surface area contributed by atoms with E-state index < -0.39 is 0 Å². The summed E-state index contributed by atoms with van der Waals surface area (Å²) in [6.07, 6.45) is 5.40. The number of nitrogens with two attached hydrogens (primary N) is 2. The van der Waals surface area contributed by atoms with Crippen LogP contribution in [0.2, 0.25) is 0 Å². The van der Waals surface area contributed by atoms with Crippen LogP contribution in [-0.2, 0) is 6.42 Å². The van der Waals surface area contributed by atoms with Crippen molar-refractivity contribution in [3.8, 4) is 0 Å². The third kappa shape index (κ3) is 6.40. The highest BCUT2D eigenvalue weighted by Crippen LogP contribution is 2.24. The molecule has 1 atom stereocenters. The Morgan fingerprint density at radius 1 is 1.21 bits per heavy atom. The third-order valence-corrected chi connectivity index (χ3v) is 4.87. The van der Waals surface area contributed by atoms with Crippen molar-refractivity contribution in [2.75, 3.05) is 29.0 Å². The molecule has 0 amide bonds. The monoisotopic (exact) mass is 426 g/mol. The lowest BCUT2D eigenvalue weighted by Gasteiger charge is -2.32. The minimum atomic E-state index is 0. The number of hydrogen-bond donors (Lipinski definition) is 3. The van der Waals surface area contributed by atoms with E-state index in [1.807, 2.05) is 25.1 Å². The van der Waals surface area contributed by atoms with E-state index in [0.717, 1.165) is 73.6 Å². The Bertz CT molecular complexity index is 755. The molecule has 1 fully saturated rings. The fourth-order valence-electron chi connectivity index (χ4n) is 3.25. The number of unbranched alkanes of at least 4 members (excludes halogenated alkanes) is 1. The smallest absolute Gasteiger partial charge is 0.229 e. The summed E-state index contributed by atoms with van der Waals surface area (Å²) in [6, 6.07) is 8.26. The molecule has 5 N–H and O–H groups in total. The quantitative estimate of drug-likeness (QED) is 0.598. The molecule has 3 rings (SSSR count). The number of hydrogen-bond acceptors (Lipinski definition) is 6. The zero-order chi connectivity index (χ0) is 18.5. The second-order valence-electron chi connectivity index (χ2n) is 7.19. The van der Waals surface area contributed by atoms with Crippen LogP contribution in [0.15, 0.2) is 24.3 Å². The molecule has 0 aliphatic carbocycles.